The van der Waals surface area contributed by atoms with Gasteiger partial charge in [-0.2, -0.15) is 13.2 Å². The van der Waals surface area contributed by atoms with E-state index in [4.69, 9.17) is 5.73 Å². The summed E-state index contributed by atoms with van der Waals surface area (Å²) in [6, 6.07) is 4.49. The summed E-state index contributed by atoms with van der Waals surface area (Å²) in [7, 11) is 0. The van der Waals surface area contributed by atoms with Crippen LogP contribution in [0.3, 0.4) is 0 Å². The van der Waals surface area contributed by atoms with Gasteiger partial charge in [0.15, 0.2) is 0 Å². The molecule has 0 fully saturated rings. The molecule has 0 aliphatic heterocycles. The molecule has 0 radical (unpaired) electrons. The van der Waals surface area contributed by atoms with Crippen molar-refractivity contribution >= 4 is 5.69 Å². The first-order chi connectivity index (χ1) is 7.79. The van der Waals surface area contributed by atoms with Gasteiger partial charge < -0.3 is 5.73 Å². The lowest BCUT2D eigenvalue weighted by Crippen LogP contribution is -2.15. The van der Waals surface area contributed by atoms with Crippen molar-refractivity contribution in [2.45, 2.75) is 25.1 Å². The Bertz CT molecular complexity index is 407. The van der Waals surface area contributed by atoms with E-state index in [-0.39, 0.29) is 12.1 Å². The number of hydrogen-bond donors (Lipinski definition) is 1. The van der Waals surface area contributed by atoms with Crippen LogP contribution in [0.1, 0.15) is 24.4 Å². The quantitative estimate of drug-likeness (QED) is 0.657. The van der Waals surface area contributed by atoms with Crippen LogP contribution < -0.4 is 5.73 Å². The number of nitro groups is 1. The number of benzene rings is 1. The Morgan fingerprint density at radius 2 is 2.06 bits per heavy atom. The summed E-state index contributed by atoms with van der Waals surface area (Å²) in [6.07, 6.45) is -5.56. The maximum Gasteiger partial charge on any atom is 0.389 e. The van der Waals surface area contributed by atoms with Gasteiger partial charge in [0.2, 0.25) is 0 Å². The second-order valence-corrected chi connectivity index (χ2v) is 3.61. The molecule has 0 bridgehead atoms. The van der Waals surface area contributed by atoms with Crippen molar-refractivity contribution in [1.29, 1.82) is 0 Å². The SMILES string of the molecule is N[C@H](CCC(F)(F)F)c1cccc([N+](=O)[O-])c1. The van der Waals surface area contributed by atoms with Crippen molar-refractivity contribution in [3.8, 4) is 0 Å². The van der Waals surface area contributed by atoms with Crippen LogP contribution in [0.25, 0.3) is 0 Å². The van der Waals surface area contributed by atoms with E-state index < -0.39 is 23.6 Å². The third kappa shape index (κ3) is 4.39. The molecular weight excluding hydrogens is 237 g/mol. The van der Waals surface area contributed by atoms with E-state index in [0.29, 0.717) is 5.56 Å². The second kappa shape index (κ2) is 5.13. The zero-order valence-corrected chi connectivity index (χ0v) is 8.78. The van der Waals surface area contributed by atoms with Gasteiger partial charge in [-0.1, -0.05) is 12.1 Å². The molecule has 0 unspecified atom stereocenters. The first kappa shape index (κ1) is 13.4. The topological polar surface area (TPSA) is 69.2 Å². The number of halogens is 3. The predicted octanol–water partition coefficient (Wildman–Crippen LogP) is 2.94. The number of nitrogens with zero attached hydrogens (tertiary/aromatic N) is 1. The van der Waals surface area contributed by atoms with Gasteiger partial charge in [0.25, 0.3) is 5.69 Å². The second-order valence-electron chi connectivity index (χ2n) is 3.61. The molecule has 7 heteroatoms. The highest BCUT2D eigenvalue weighted by Crippen LogP contribution is 2.27. The Morgan fingerprint density at radius 3 is 2.59 bits per heavy atom. The van der Waals surface area contributed by atoms with E-state index >= 15 is 0 Å². The van der Waals surface area contributed by atoms with Crippen molar-refractivity contribution in [3.63, 3.8) is 0 Å². The maximum atomic E-state index is 12.0. The Balaban J connectivity index is 2.72. The fourth-order valence-corrected chi connectivity index (χ4v) is 1.35. The summed E-state index contributed by atoms with van der Waals surface area (Å²) in [5.74, 6) is 0. The minimum Gasteiger partial charge on any atom is -0.324 e. The summed E-state index contributed by atoms with van der Waals surface area (Å²) in [5, 5.41) is 10.5. The average Bonchev–Trinajstić information content (AvgIpc) is 2.25. The lowest BCUT2D eigenvalue weighted by Gasteiger charge is -2.13. The lowest BCUT2D eigenvalue weighted by atomic mass is 10.0. The molecule has 4 nitrogen and oxygen atoms in total. The number of non-ortho nitro benzene ring substituents is 1. The molecule has 2 N–H and O–H groups in total. The highest BCUT2D eigenvalue weighted by molar-refractivity contribution is 5.35. The number of hydrogen-bond acceptors (Lipinski definition) is 3. The number of nitro benzene ring substituents is 1. The lowest BCUT2D eigenvalue weighted by molar-refractivity contribution is -0.384. The average molecular weight is 248 g/mol. The zero-order valence-electron chi connectivity index (χ0n) is 8.78. The minimum atomic E-state index is -4.27. The van der Waals surface area contributed by atoms with Crippen LogP contribution in [0, 0.1) is 10.1 Å². The van der Waals surface area contributed by atoms with Crippen LogP contribution in [0.2, 0.25) is 0 Å². The van der Waals surface area contributed by atoms with Gasteiger partial charge in [-0.05, 0) is 12.0 Å². The maximum absolute atomic E-state index is 12.0. The van der Waals surface area contributed by atoms with Gasteiger partial charge in [-0.25, -0.2) is 0 Å². The Morgan fingerprint density at radius 1 is 1.41 bits per heavy atom. The molecule has 94 valence electrons. The van der Waals surface area contributed by atoms with Crippen molar-refractivity contribution in [2.75, 3.05) is 0 Å². The van der Waals surface area contributed by atoms with Gasteiger partial charge in [0.05, 0.1) is 4.92 Å². The van der Waals surface area contributed by atoms with Crippen LogP contribution in [0.4, 0.5) is 18.9 Å². The molecule has 1 aromatic carbocycles. The smallest absolute Gasteiger partial charge is 0.324 e. The standard InChI is InChI=1S/C10H11F3N2O2/c11-10(12,13)5-4-9(14)7-2-1-3-8(6-7)15(16)17/h1-3,6,9H,4-5,14H2/t9-/m1/s1. The monoisotopic (exact) mass is 248 g/mol. The molecular formula is C10H11F3N2O2. The molecule has 0 aromatic heterocycles. The molecule has 0 spiro atoms. The normalized spacial score (nSPS) is 13.4. The number of nitrogens with two attached hydrogens (primary N) is 1. The van der Waals surface area contributed by atoms with Crippen molar-refractivity contribution in [3.05, 3.63) is 39.9 Å². The van der Waals surface area contributed by atoms with Crippen LogP contribution in [-0.4, -0.2) is 11.1 Å². The first-order valence-electron chi connectivity index (χ1n) is 4.86. The van der Waals surface area contributed by atoms with Gasteiger partial charge >= 0.3 is 6.18 Å². The molecule has 0 amide bonds. The molecule has 17 heavy (non-hydrogen) atoms. The van der Waals surface area contributed by atoms with E-state index in [1.807, 2.05) is 0 Å². The van der Waals surface area contributed by atoms with E-state index in [9.17, 15) is 23.3 Å². The molecule has 0 heterocycles. The molecule has 0 saturated heterocycles. The zero-order chi connectivity index (χ0) is 13.1. The van der Waals surface area contributed by atoms with Crippen LogP contribution >= 0.6 is 0 Å². The Kier molecular flexibility index (Phi) is 4.06. The first-order valence-corrected chi connectivity index (χ1v) is 4.86. The fraction of sp³-hybridized carbons (Fsp3) is 0.400. The van der Waals surface area contributed by atoms with E-state index in [1.165, 1.54) is 24.3 Å². The van der Waals surface area contributed by atoms with Crippen LogP contribution in [0.5, 0.6) is 0 Å². The van der Waals surface area contributed by atoms with E-state index in [0.717, 1.165) is 0 Å². The molecule has 1 atom stereocenters. The largest absolute Gasteiger partial charge is 0.389 e. The third-order valence-electron chi connectivity index (χ3n) is 2.25. The predicted molar refractivity (Wildman–Crippen MR) is 55.3 cm³/mol. The highest BCUT2D eigenvalue weighted by atomic mass is 19.4. The van der Waals surface area contributed by atoms with Gasteiger partial charge in [0, 0.05) is 24.6 Å². The fourth-order valence-electron chi connectivity index (χ4n) is 1.35. The molecule has 0 aliphatic carbocycles. The molecule has 1 aromatic rings. The summed E-state index contributed by atoms with van der Waals surface area (Å²) >= 11 is 0. The van der Waals surface area contributed by atoms with Crippen LogP contribution in [0.15, 0.2) is 24.3 Å². The Hall–Kier alpha value is -1.63. The number of alkyl halides is 3. The van der Waals surface area contributed by atoms with Crippen molar-refractivity contribution in [2.24, 2.45) is 5.73 Å². The van der Waals surface area contributed by atoms with Gasteiger partial charge in [-0.3, -0.25) is 10.1 Å². The van der Waals surface area contributed by atoms with Crippen molar-refractivity contribution in [1.82, 2.24) is 0 Å². The summed E-state index contributed by atoms with van der Waals surface area (Å²) in [4.78, 5) is 9.87. The highest BCUT2D eigenvalue weighted by Gasteiger charge is 2.28. The molecule has 0 saturated carbocycles. The Labute approximate surface area is 95.4 Å². The van der Waals surface area contributed by atoms with E-state index in [1.54, 1.807) is 0 Å². The van der Waals surface area contributed by atoms with Crippen molar-refractivity contribution < 1.29 is 18.1 Å². The molecule has 1 rings (SSSR count). The van der Waals surface area contributed by atoms with Crippen LogP contribution in [-0.2, 0) is 0 Å². The summed E-state index contributed by atoms with van der Waals surface area (Å²) in [6.45, 7) is 0. The summed E-state index contributed by atoms with van der Waals surface area (Å²) < 4.78 is 35.9. The van der Waals surface area contributed by atoms with Gasteiger partial charge in [-0.15, -0.1) is 0 Å². The summed E-state index contributed by atoms with van der Waals surface area (Å²) in [5.41, 5.74) is 5.71. The number of rotatable bonds is 4. The minimum absolute atomic E-state index is 0.176. The van der Waals surface area contributed by atoms with Gasteiger partial charge in [0.1, 0.15) is 0 Å². The molecule has 0 aliphatic rings. The third-order valence-corrected chi connectivity index (χ3v) is 2.25. The van der Waals surface area contributed by atoms with E-state index in [2.05, 4.69) is 0 Å².